The van der Waals surface area contributed by atoms with Gasteiger partial charge in [0, 0.05) is 54.0 Å². The highest BCUT2D eigenvalue weighted by molar-refractivity contribution is 5.96. The van der Waals surface area contributed by atoms with Crippen molar-refractivity contribution in [3.63, 3.8) is 0 Å². The van der Waals surface area contributed by atoms with Crippen LogP contribution in [0.3, 0.4) is 0 Å². The average molecular weight is 647 g/mol. The number of morpholine rings is 1. The van der Waals surface area contributed by atoms with Gasteiger partial charge in [-0.25, -0.2) is 4.39 Å². The summed E-state index contributed by atoms with van der Waals surface area (Å²) < 4.78 is 65.8. The molecule has 46 heavy (non-hydrogen) atoms. The van der Waals surface area contributed by atoms with Crippen LogP contribution in [0.5, 0.6) is 0 Å². The summed E-state index contributed by atoms with van der Waals surface area (Å²) in [5.74, 6) is -0.267. The number of hydrogen-bond acceptors (Lipinski definition) is 6. The lowest BCUT2D eigenvalue weighted by atomic mass is 9.84. The van der Waals surface area contributed by atoms with Crippen molar-refractivity contribution in [2.45, 2.75) is 102 Å². The number of carbonyl (C=O) groups excluding carboxylic acids is 1. The van der Waals surface area contributed by atoms with Gasteiger partial charge in [-0.05, 0) is 78.9 Å². The Bertz CT molecular complexity index is 1510. The first-order valence-electron chi connectivity index (χ1n) is 16.2. The Morgan fingerprint density at radius 3 is 2.46 bits per heavy atom. The number of fused-ring (bicyclic) bond motifs is 1. The number of rotatable bonds is 9. The molecule has 1 amide bonds. The minimum absolute atomic E-state index is 0.0670. The Morgan fingerprint density at radius 1 is 1.07 bits per heavy atom. The highest BCUT2D eigenvalue weighted by Crippen LogP contribution is 2.43. The van der Waals surface area contributed by atoms with E-state index in [-0.39, 0.29) is 23.2 Å². The van der Waals surface area contributed by atoms with Gasteiger partial charge in [-0.1, -0.05) is 12.1 Å². The molecule has 2 aliphatic rings. The maximum absolute atomic E-state index is 15.6. The van der Waals surface area contributed by atoms with Crippen molar-refractivity contribution < 1.29 is 27.1 Å². The highest BCUT2D eigenvalue weighted by atomic mass is 19.4. The number of anilines is 1. The molecule has 1 saturated carbocycles. The third-order valence-electron chi connectivity index (χ3n) is 9.30. The van der Waals surface area contributed by atoms with E-state index in [1.165, 1.54) is 6.20 Å². The van der Waals surface area contributed by atoms with Crippen LogP contribution in [0.1, 0.15) is 82.0 Å². The van der Waals surface area contributed by atoms with Crippen molar-refractivity contribution in [2.24, 2.45) is 0 Å². The van der Waals surface area contributed by atoms with Crippen molar-refractivity contribution in [1.82, 2.24) is 25.0 Å². The second kappa shape index (κ2) is 13.5. The summed E-state index contributed by atoms with van der Waals surface area (Å²) in [4.78, 5) is 19.5. The quantitative estimate of drug-likeness (QED) is 0.207. The summed E-state index contributed by atoms with van der Waals surface area (Å²) in [5.41, 5.74) is -1.03. The number of alkyl halides is 4. The number of aryl methyl sites for hydroxylation is 1. The number of aromatic nitrogens is 3. The van der Waals surface area contributed by atoms with Gasteiger partial charge in [-0.2, -0.15) is 18.3 Å². The largest absolute Gasteiger partial charge is 0.399 e. The minimum Gasteiger partial charge on any atom is -0.379 e. The molecule has 2 fully saturated rings. The number of ether oxygens (including phenoxy) is 1. The third-order valence-corrected chi connectivity index (χ3v) is 9.30. The molecule has 2 N–H and O–H groups in total. The predicted molar refractivity (Wildman–Crippen MR) is 171 cm³/mol. The lowest BCUT2D eigenvalue weighted by Gasteiger charge is -2.40. The van der Waals surface area contributed by atoms with Gasteiger partial charge in [0.25, 0.3) is 5.91 Å². The first-order chi connectivity index (χ1) is 21.6. The van der Waals surface area contributed by atoms with Gasteiger partial charge in [0.15, 0.2) is 0 Å². The first-order valence-corrected chi connectivity index (χ1v) is 16.2. The summed E-state index contributed by atoms with van der Waals surface area (Å²) in [6.07, 6.45) is 0.258. The number of halogens is 4. The molecule has 3 aromatic rings. The maximum atomic E-state index is 15.6. The van der Waals surface area contributed by atoms with E-state index in [2.05, 4.69) is 25.6 Å². The fraction of sp³-hybridized carbons (Fsp3) is 0.618. The second-order valence-corrected chi connectivity index (χ2v) is 14.1. The lowest BCUT2D eigenvalue weighted by Crippen LogP contribution is -2.49. The molecule has 5 rings (SSSR count). The number of nitrogens with one attached hydrogen (secondary N) is 2. The van der Waals surface area contributed by atoms with Crippen LogP contribution in [0.2, 0.25) is 0 Å². The summed E-state index contributed by atoms with van der Waals surface area (Å²) in [7, 11) is 0. The van der Waals surface area contributed by atoms with Gasteiger partial charge >= 0.3 is 6.18 Å². The molecular formula is C34H46F4N6O2. The summed E-state index contributed by atoms with van der Waals surface area (Å²) in [6, 6.07) is 6.67. The fourth-order valence-corrected chi connectivity index (χ4v) is 6.31. The Balaban J connectivity index is 1.34. The standard InChI is InChI=1S/C34H46F4N6O2/c1-32(2,3)44-21-22(20-40-44)31(45)39-13-7-8-23-18-26-25(30(41-23)33(4,5)34(36,37)38)9-6-10-28(26)42-29-12-11-24(19-27(29)35)43-14-16-46-17-15-43/h6,9-10,18,20-21,24,27,29,42H,7-8,11-17,19H2,1-5H3,(H,39,45)/t24-,27+,29-/m1/s1. The number of nitrogens with zero attached hydrogens (tertiary/aromatic N) is 4. The van der Waals surface area contributed by atoms with Gasteiger partial charge in [0.1, 0.15) is 11.6 Å². The van der Waals surface area contributed by atoms with Crippen LogP contribution in [-0.2, 0) is 22.1 Å². The van der Waals surface area contributed by atoms with Crippen molar-refractivity contribution in [2.75, 3.05) is 38.2 Å². The normalized spacial score (nSPS) is 21.8. The Morgan fingerprint density at radius 2 is 1.80 bits per heavy atom. The zero-order chi connectivity index (χ0) is 33.3. The van der Waals surface area contributed by atoms with Crippen molar-refractivity contribution in [3.8, 4) is 0 Å². The Kier molecular flexibility index (Phi) is 9.98. The molecule has 0 bridgehead atoms. The predicted octanol–water partition coefficient (Wildman–Crippen LogP) is 6.39. The van der Waals surface area contributed by atoms with Crippen molar-refractivity contribution >= 4 is 22.4 Å². The molecule has 8 nitrogen and oxygen atoms in total. The number of carbonyl (C=O) groups is 1. The van der Waals surface area contributed by atoms with Crippen molar-refractivity contribution in [1.29, 1.82) is 0 Å². The molecule has 1 aromatic carbocycles. The molecule has 1 saturated heterocycles. The third kappa shape index (κ3) is 7.48. The number of pyridine rings is 1. The smallest absolute Gasteiger partial charge is 0.379 e. The van der Waals surface area contributed by atoms with E-state index in [1.54, 1.807) is 35.1 Å². The highest BCUT2D eigenvalue weighted by Gasteiger charge is 2.50. The van der Waals surface area contributed by atoms with Crippen LogP contribution >= 0.6 is 0 Å². The van der Waals surface area contributed by atoms with Gasteiger partial charge in [0.05, 0.1) is 42.2 Å². The summed E-state index contributed by atoms with van der Waals surface area (Å²) in [6.45, 7) is 11.5. The van der Waals surface area contributed by atoms with E-state index < -0.39 is 23.8 Å². The molecule has 1 aliphatic carbocycles. The molecule has 12 heteroatoms. The second-order valence-electron chi connectivity index (χ2n) is 14.1. The molecule has 252 valence electrons. The average Bonchev–Trinajstić information content (AvgIpc) is 3.52. The number of benzene rings is 1. The van der Waals surface area contributed by atoms with Crippen LogP contribution in [0.4, 0.5) is 23.2 Å². The van der Waals surface area contributed by atoms with E-state index >= 15 is 4.39 Å². The lowest BCUT2D eigenvalue weighted by molar-refractivity contribution is -0.180. The molecule has 1 aliphatic heterocycles. The molecule has 0 spiro atoms. The molecule has 0 unspecified atom stereocenters. The molecular weight excluding hydrogens is 600 g/mol. The molecule has 3 heterocycles. The monoisotopic (exact) mass is 646 g/mol. The van der Waals surface area contributed by atoms with Gasteiger partial charge in [-0.3, -0.25) is 19.4 Å². The SMILES string of the molecule is CC(C)(C)n1cc(C(=O)NCCCc2cc3c(N[C@@H]4CC[C@@H](N5CCOCC5)C[C@@H]4F)cccc3c(C(C)(C)C(F)(F)F)n2)cn1. The van der Waals surface area contributed by atoms with Gasteiger partial charge in [0.2, 0.25) is 0 Å². The first kappa shape index (κ1) is 34.1. The summed E-state index contributed by atoms with van der Waals surface area (Å²) in [5, 5.41) is 11.5. The van der Waals surface area contributed by atoms with E-state index in [4.69, 9.17) is 4.74 Å². The van der Waals surface area contributed by atoms with E-state index in [0.29, 0.717) is 73.2 Å². The minimum atomic E-state index is -4.54. The zero-order valence-corrected chi connectivity index (χ0v) is 27.4. The zero-order valence-electron chi connectivity index (χ0n) is 27.4. The van der Waals surface area contributed by atoms with Crippen LogP contribution < -0.4 is 10.6 Å². The van der Waals surface area contributed by atoms with E-state index in [0.717, 1.165) is 33.4 Å². The fourth-order valence-electron chi connectivity index (χ4n) is 6.31. The van der Waals surface area contributed by atoms with Crippen molar-refractivity contribution in [3.05, 3.63) is 53.6 Å². The van der Waals surface area contributed by atoms with Gasteiger partial charge < -0.3 is 15.4 Å². The van der Waals surface area contributed by atoms with Crippen LogP contribution in [0.25, 0.3) is 10.8 Å². The Hall–Kier alpha value is -3.25. The van der Waals surface area contributed by atoms with Gasteiger partial charge in [-0.15, -0.1) is 0 Å². The Labute approximate surface area is 268 Å². The summed E-state index contributed by atoms with van der Waals surface area (Å²) >= 11 is 0. The van der Waals surface area contributed by atoms with E-state index in [1.807, 2.05) is 20.8 Å². The number of hydrogen-bond donors (Lipinski definition) is 2. The van der Waals surface area contributed by atoms with Crippen LogP contribution in [0, 0.1) is 0 Å². The van der Waals surface area contributed by atoms with Crippen LogP contribution in [-0.4, -0.2) is 82.9 Å². The molecule has 2 aromatic heterocycles. The topological polar surface area (TPSA) is 84.3 Å². The maximum Gasteiger partial charge on any atom is 0.399 e. The van der Waals surface area contributed by atoms with E-state index in [9.17, 15) is 18.0 Å². The number of amides is 1. The van der Waals surface area contributed by atoms with Crippen LogP contribution in [0.15, 0.2) is 36.7 Å². The molecule has 0 radical (unpaired) electrons. The molecule has 3 atom stereocenters.